The van der Waals surface area contributed by atoms with Gasteiger partial charge in [0.15, 0.2) is 5.78 Å². The van der Waals surface area contributed by atoms with E-state index in [1.165, 1.54) is 5.19 Å². The van der Waals surface area contributed by atoms with Crippen LogP contribution in [-0.4, -0.2) is 39.3 Å². The zero-order valence-corrected chi connectivity index (χ0v) is 19.5. The highest BCUT2D eigenvalue weighted by Crippen LogP contribution is 2.22. The van der Waals surface area contributed by atoms with Crippen molar-refractivity contribution in [2.24, 2.45) is 5.92 Å². The van der Waals surface area contributed by atoms with E-state index in [9.17, 15) is 14.4 Å². The quantitative estimate of drug-likeness (QED) is 0.620. The highest BCUT2D eigenvalue weighted by Gasteiger charge is 2.31. The highest BCUT2D eigenvalue weighted by molar-refractivity contribution is 6.88. The van der Waals surface area contributed by atoms with Crippen molar-refractivity contribution in [3.8, 4) is 5.75 Å². The number of amides is 2. The van der Waals surface area contributed by atoms with Crippen molar-refractivity contribution in [3.05, 3.63) is 59.7 Å². The predicted molar refractivity (Wildman–Crippen MR) is 123 cm³/mol. The van der Waals surface area contributed by atoms with Gasteiger partial charge in [0.05, 0.1) is 21.1 Å². The van der Waals surface area contributed by atoms with Gasteiger partial charge < -0.3 is 15.4 Å². The van der Waals surface area contributed by atoms with E-state index in [1.807, 2.05) is 12.1 Å². The summed E-state index contributed by atoms with van der Waals surface area (Å²) in [5.41, 5.74) is 1.60. The van der Waals surface area contributed by atoms with Crippen LogP contribution in [0, 0.1) is 5.92 Å². The summed E-state index contributed by atoms with van der Waals surface area (Å²) in [6, 6.07) is 14.5. The monoisotopic (exact) mass is 438 g/mol. The Kier molecular flexibility index (Phi) is 6.95. The fourth-order valence-corrected chi connectivity index (χ4v) is 4.79. The van der Waals surface area contributed by atoms with E-state index in [1.54, 1.807) is 31.4 Å². The van der Waals surface area contributed by atoms with Crippen molar-refractivity contribution in [2.75, 3.05) is 13.7 Å². The predicted octanol–water partition coefficient (Wildman–Crippen LogP) is 2.35. The van der Waals surface area contributed by atoms with Gasteiger partial charge in [-0.2, -0.15) is 0 Å². The zero-order valence-electron chi connectivity index (χ0n) is 18.5. The summed E-state index contributed by atoms with van der Waals surface area (Å²) >= 11 is 0. The van der Waals surface area contributed by atoms with Gasteiger partial charge in [-0.1, -0.05) is 61.2 Å². The number of rotatable bonds is 8. The van der Waals surface area contributed by atoms with E-state index in [0.29, 0.717) is 17.9 Å². The molecule has 0 bridgehead atoms. The molecule has 1 aliphatic rings. The van der Waals surface area contributed by atoms with E-state index in [0.717, 1.165) is 5.56 Å². The maximum Gasteiger partial charge on any atom is 0.226 e. The molecule has 0 spiro atoms. The lowest BCUT2D eigenvalue weighted by Gasteiger charge is -2.21. The number of carbonyl (C=O) groups excluding carboxylic acids is 3. The zero-order chi connectivity index (χ0) is 22.6. The molecule has 1 saturated heterocycles. The average molecular weight is 439 g/mol. The van der Waals surface area contributed by atoms with Gasteiger partial charge in [-0.05, 0) is 23.3 Å². The Morgan fingerprint density at radius 1 is 1.10 bits per heavy atom. The molecule has 31 heavy (non-hydrogen) atoms. The first-order chi connectivity index (χ1) is 14.7. The first-order valence-electron chi connectivity index (χ1n) is 10.5. The van der Waals surface area contributed by atoms with Crippen LogP contribution in [0.5, 0.6) is 5.75 Å². The first kappa shape index (κ1) is 22.7. The Balaban J connectivity index is 1.79. The SMILES string of the molecule is COc1ccc(C(NC(=O)C2CNC(=O)C2)C(=O)Cc2ccc([Si](C)(C)C)cc2)cc1. The molecule has 2 amide bonds. The molecule has 2 N–H and O–H groups in total. The van der Waals surface area contributed by atoms with Crippen molar-refractivity contribution in [3.63, 3.8) is 0 Å². The summed E-state index contributed by atoms with van der Waals surface area (Å²) in [6.07, 6.45) is 0.359. The molecule has 2 aromatic rings. The molecule has 164 valence electrons. The molecule has 7 heteroatoms. The van der Waals surface area contributed by atoms with Crippen LogP contribution in [0.2, 0.25) is 19.6 Å². The van der Waals surface area contributed by atoms with Crippen LogP contribution in [0.15, 0.2) is 48.5 Å². The molecular weight excluding hydrogens is 408 g/mol. The largest absolute Gasteiger partial charge is 0.497 e. The van der Waals surface area contributed by atoms with Crippen molar-refractivity contribution < 1.29 is 19.1 Å². The van der Waals surface area contributed by atoms with Crippen LogP contribution in [0.4, 0.5) is 0 Å². The number of methoxy groups -OCH3 is 1. The number of benzene rings is 2. The third kappa shape index (κ3) is 5.82. The molecule has 2 unspecified atom stereocenters. The topological polar surface area (TPSA) is 84.5 Å². The van der Waals surface area contributed by atoms with Crippen LogP contribution in [0.25, 0.3) is 0 Å². The van der Waals surface area contributed by atoms with Crippen LogP contribution in [0.1, 0.15) is 23.6 Å². The molecule has 0 saturated carbocycles. The Hall–Kier alpha value is -2.93. The number of carbonyl (C=O) groups is 3. The van der Waals surface area contributed by atoms with E-state index < -0.39 is 20.0 Å². The summed E-state index contributed by atoms with van der Waals surface area (Å²) < 4.78 is 5.20. The van der Waals surface area contributed by atoms with Crippen LogP contribution >= 0.6 is 0 Å². The van der Waals surface area contributed by atoms with E-state index in [4.69, 9.17) is 4.74 Å². The molecule has 0 aromatic heterocycles. The Bertz CT molecular complexity index is 949. The fraction of sp³-hybridized carbons (Fsp3) is 0.375. The minimum atomic E-state index is -1.41. The van der Waals surface area contributed by atoms with Gasteiger partial charge >= 0.3 is 0 Å². The highest BCUT2D eigenvalue weighted by atomic mass is 28.3. The standard InChI is InChI=1S/C24H30N2O4Si/c1-30-19-9-7-17(8-10-19)23(26-24(29)18-14-22(28)25-15-18)21(27)13-16-5-11-20(12-6-16)31(2,3)4/h5-12,18,23H,13-15H2,1-4H3,(H,25,28)(H,26,29). The molecular formula is C24H30N2O4Si. The van der Waals surface area contributed by atoms with Crippen LogP contribution in [-0.2, 0) is 20.8 Å². The molecule has 1 heterocycles. The van der Waals surface area contributed by atoms with Crippen molar-refractivity contribution >= 4 is 30.9 Å². The van der Waals surface area contributed by atoms with Gasteiger partial charge in [0, 0.05) is 19.4 Å². The summed E-state index contributed by atoms with van der Waals surface area (Å²) in [4.78, 5) is 37.5. The van der Waals surface area contributed by atoms with Crippen LogP contribution in [0.3, 0.4) is 0 Å². The molecule has 0 radical (unpaired) electrons. The van der Waals surface area contributed by atoms with Gasteiger partial charge in [-0.25, -0.2) is 0 Å². The number of nitrogens with one attached hydrogen (secondary N) is 2. The lowest BCUT2D eigenvalue weighted by Crippen LogP contribution is -2.39. The van der Waals surface area contributed by atoms with Crippen LogP contribution < -0.4 is 20.6 Å². The smallest absolute Gasteiger partial charge is 0.226 e. The second kappa shape index (κ2) is 9.47. The number of Topliss-reactive ketones (excluding diaryl/α,β-unsaturated/α-hetero) is 1. The molecule has 2 atom stereocenters. The third-order valence-electron chi connectivity index (χ3n) is 5.60. The third-order valence-corrected chi connectivity index (χ3v) is 7.67. The molecule has 2 aromatic carbocycles. The van der Waals surface area contributed by atoms with E-state index in [2.05, 4.69) is 42.4 Å². The fourth-order valence-electron chi connectivity index (χ4n) is 3.62. The summed E-state index contributed by atoms with van der Waals surface area (Å²) in [7, 11) is 0.167. The number of hydrogen-bond donors (Lipinski definition) is 2. The van der Waals surface area contributed by atoms with Crippen molar-refractivity contribution in [2.45, 2.75) is 38.5 Å². The number of ketones is 1. The normalized spacial score (nSPS) is 17.0. The van der Waals surface area contributed by atoms with E-state index in [-0.39, 0.29) is 30.4 Å². The minimum Gasteiger partial charge on any atom is -0.497 e. The maximum atomic E-state index is 13.2. The summed E-state index contributed by atoms with van der Waals surface area (Å²) in [5.74, 6) is -0.320. The van der Waals surface area contributed by atoms with Crippen molar-refractivity contribution in [1.82, 2.24) is 10.6 Å². The Labute approximate surface area is 184 Å². The van der Waals surface area contributed by atoms with Gasteiger partial charge in [-0.15, -0.1) is 0 Å². The maximum absolute atomic E-state index is 13.2. The average Bonchev–Trinajstić information content (AvgIpc) is 3.18. The Morgan fingerprint density at radius 2 is 1.74 bits per heavy atom. The summed E-state index contributed by atoms with van der Waals surface area (Å²) in [6.45, 7) is 7.15. The number of hydrogen-bond acceptors (Lipinski definition) is 4. The van der Waals surface area contributed by atoms with Gasteiger partial charge in [-0.3, -0.25) is 14.4 Å². The number of ether oxygens (including phenoxy) is 1. The second-order valence-corrected chi connectivity index (χ2v) is 14.1. The summed E-state index contributed by atoms with van der Waals surface area (Å²) in [5, 5.41) is 6.88. The second-order valence-electron chi connectivity index (χ2n) is 9.01. The molecule has 6 nitrogen and oxygen atoms in total. The lowest BCUT2D eigenvalue weighted by atomic mass is 9.96. The molecule has 0 aliphatic carbocycles. The molecule has 3 rings (SSSR count). The molecule has 1 fully saturated rings. The van der Waals surface area contributed by atoms with Crippen molar-refractivity contribution in [1.29, 1.82) is 0 Å². The van der Waals surface area contributed by atoms with Gasteiger partial charge in [0.1, 0.15) is 11.8 Å². The first-order valence-corrected chi connectivity index (χ1v) is 14.0. The lowest BCUT2D eigenvalue weighted by molar-refractivity contribution is -0.130. The van der Waals surface area contributed by atoms with E-state index >= 15 is 0 Å². The van der Waals surface area contributed by atoms with Gasteiger partial charge in [0.25, 0.3) is 0 Å². The Morgan fingerprint density at radius 3 is 2.26 bits per heavy atom. The molecule has 1 aliphatic heterocycles. The van der Waals surface area contributed by atoms with Gasteiger partial charge in [0.2, 0.25) is 11.8 Å². The minimum absolute atomic E-state index is 0.100.